The minimum absolute atomic E-state index is 0.0503. The maximum Gasteiger partial charge on any atom is 0.179 e. The van der Waals surface area contributed by atoms with Crippen molar-refractivity contribution in [3.63, 3.8) is 0 Å². The molecule has 0 saturated carbocycles. The number of benzene rings is 2. The number of ether oxygens (including phenoxy) is 4. The second kappa shape index (κ2) is 9.25. The highest BCUT2D eigenvalue weighted by atomic mass is 35.5. The number of rotatable bonds is 7. The maximum atomic E-state index is 11.9. The molecule has 1 atom stereocenters. The minimum atomic E-state index is -0.0503. The van der Waals surface area contributed by atoms with Crippen LogP contribution in [0.25, 0.3) is 0 Å². The van der Waals surface area contributed by atoms with E-state index in [1.807, 2.05) is 30.3 Å². The van der Waals surface area contributed by atoms with Crippen LogP contribution in [-0.2, 0) is 17.7 Å². The summed E-state index contributed by atoms with van der Waals surface area (Å²) in [6, 6.07) is 9.53. The molecule has 1 heterocycles. The molecule has 1 fully saturated rings. The van der Waals surface area contributed by atoms with Gasteiger partial charge in [0.2, 0.25) is 0 Å². The molecular weight excluding hydrogens is 406 g/mol. The van der Waals surface area contributed by atoms with E-state index in [9.17, 15) is 4.79 Å². The standard InChI is InChI=1S/C23H26ClNO5/c1-27-21-9-6-15(22(24)23(21)28-2)12-25-10-11-29-16(13-25)14-30-20-5-3-4-17-18(20)7-8-19(17)26/h3-6,9,16H,7-8,10-14H2,1-2H3. The first-order chi connectivity index (χ1) is 14.6. The molecular formula is C23H26ClNO5. The number of carbonyl (C=O) groups excluding carboxylic acids is 1. The average Bonchev–Trinajstić information content (AvgIpc) is 3.15. The predicted molar refractivity (Wildman–Crippen MR) is 114 cm³/mol. The van der Waals surface area contributed by atoms with Crippen LogP contribution in [0.4, 0.5) is 0 Å². The van der Waals surface area contributed by atoms with E-state index in [1.165, 1.54) is 0 Å². The molecule has 2 aliphatic rings. The highest BCUT2D eigenvalue weighted by Gasteiger charge is 2.26. The van der Waals surface area contributed by atoms with Gasteiger partial charge in [0.1, 0.15) is 18.5 Å². The molecule has 2 aromatic carbocycles. The van der Waals surface area contributed by atoms with Crippen molar-refractivity contribution in [1.82, 2.24) is 4.90 Å². The molecule has 0 aromatic heterocycles. The van der Waals surface area contributed by atoms with Crippen LogP contribution in [0.1, 0.15) is 27.9 Å². The summed E-state index contributed by atoms with van der Waals surface area (Å²) >= 11 is 6.54. The molecule has 160 valence electrons. The first kappa shape index (κ1) is 21.0. The number of Topliss-reactive ketones (excluding diaryl/α,β-unsaturated/α-hetero) is 1. The van der Waals surface area contributed by atoms with Crippen LogP contribution in [0.5, 0.6) is 17.2 Å². The smallest absolute Gasteiger partial charge is 0.179 e. The van der Waals surface area contributed by atoms with Crippen molar-refractivity contribution >= 4 is 17.4 Å². The summed E-state index contributed by atoms with van der Waals surface area (Å²) < 4.78 is 22.7. The van der Waals surface area contributed by atoms with Gasteiger partial charge in [0.05, 0.1) is 25.8 Å². The third kappa shape index (κ3) is 4.26. The van der Waals surface area contributed by atoms with Crippen LogP contribution in [-0.4, -0.2) is 57.3 Å². The molecule has 0 spiro atoms. The van der Waals surface area contributed by atoms with Crippen LogP contribution in [0.2, 0.25) is 5.02 Å². The fourth-order valence-electron chi connectivity index (χ4n) is 4.09. The summed E-state index contributed by atoms with van der Waals surface area (Å²) in [6.45, 7) is 3.31. The van der Waals surface area contributed by atoms with Gasteiger partial charge in [-0.2, -0.15) is 0 Å². The van der Waals surface area contributed by atoms with Crippen LogP contribution < -0.4 is 14.2 Å². The Kier molecular flexibility index (Phi) is 6.46. The lowest BCUT2D eigenvalue weighted by Gasteiger charge is -2.33. The molecule has 6 nitrogen and oxygen atoms in total. The number of nitrogens with zero attached hydrogens (tertiary/aromatic N) is 1. The van der Waals surface area contributed by atoms with Gasteiger partial charge in [-0.25, -0.2) is 0 Å². The Morgan fingerprint density at radius 1 is 1.13 bits per heavy atom. The first-order valence-corrected chi connectivity index (χ1v) is 10.5. The van der Waals surface area contributed by atoms with Crippen molar-refractivity contribution in [3.8, 4) is 17.2 Å². The number of hydrogen-bond donors (Lipinski definition) is 0. The van der Waals surface area contributed by atoms with E-state index in [2.05, 4.69) is 4.90 Å². The molecule has 7 heteroatoms. The quantitative estimate of drug-likeness (QED) is 0.665. The summed E-state index contributed by atoms with van der Waals surface area (Å²) in [4.78, 5) is 14.2. The van der Waals surface area contributed by atoms with Crippen LogP contribution in [0.3, 0.4) is 0 Å². The zero-order chi connectivity index (χ0) is 21.1. The molecule has 0 radical (unpaired) electrons. The van der Waals surface area contributed by atoms with Gasteiger partial charge in [-0.1, -0.05) is 29.8 Å². The number of methoxy groups -OCH3 is 2. The third-order valence-electron chi connectivity index (χ3n) is 5.64. The summed E-state index contributed by atoms with van der Waals surface area (Å²) in [6.07, 6.45) is 1.26. The van der Waals surface area contributed by atoms with Gasteiger partial charge in [0.25, 0.3) is 0 Å². The lowest BCUT2D eigenvalue weighted by Crippen LogP contribution is -2.44. The van der Waals surface area contributed by atoms with Crippen molar-refractivity contribution in [1.29, 1.82) is 0 Å². The van der Waals surface area contributed by atoms with Gasteiger partial charge in [-0.05, 0) is 24.1 Å². The van der Waals surface area contributed by atoms with E-state index in [1.54, 1.807) is 14.2 Å². The lowest BCUT2D eigenvalue weighted by molar-refractivity contribution is -0.0505. The minimum Gasteiger partial charge on any atom is -0.493 e. The molecule has 0 bridgehead atoms. The van der Waals surface area contributed by atoms with E-state index in [0.29, 0.717) is 42.7 Å². The van der Waals surface area contributed by atoms with E-state index < -0.39 is 0 Å². The summed E-state index contributed by atoms with van der Waals surface area (Å²) in [5, 5.41) is 0.570. The van der Waals surface area contributed by atoms with Crippen molar-refractivity contribution in [2.24, 2.45) is 0 Å². The largest absolute Gasteiger partial charge is 0.493 e. The van der Waals surface area contributed by atoms with Gasteiger partial charge in [-0.3, -0.25) is 9.69 Å². The lowest BCUT2D eigenvalue weighted by atomic mass is 10.1. The fourth-order valence-corrected chi connectivity index (χ4v) is 4.39. The van der Waals surface area contributed by atoms with Crippen LogP contribution >= 0.6 is 11.6 Å². The van der Waals surface area contributed by atoms with Gasteiger partial charge in [0, 0.05) is 37.2 Å². The summed E-state index contributed by atoms with van der Waals surface area (Å²) in [7, 11) is 3.18. The number of fused-ring (bicyclic) bond motifs is 1. The molecule has 0 N–H and O–H groups in total. The van der Waals surface area contributed by atoms with Gasteiger partial charge in [-0.15, -0.1) is 0 Å². The van der Waals surface area contributed by atoms with Gasteiger partial charge < -0.3 is 18.9 Å². The predicted octanol–water partition coefficient (Wildman–Crippen LogP) is 3.77. The Morgan fingerprint density at radius 3 is 2.80 bits per heavy atom. The second-order valence-corrected chi connectivity index (χ2v) is 7.90. The highest BCUT2D eigenvalue weighted by Crippen LogP contribution is 2.38. The molecule has 4 rings (SSSR count). The number of carbonyl (C=O) groups is 1. The maximum absolute atomic E-state index is 11.9. The van der Waals surface area contributed by atoms with E-state index >= 15 is 0 Å². The molecule has 2 aromatic rings. The van der Waals surface area contributed by atoms with E-state index in [4.69, 9.17) is 30.5 Å². The first-order valence-electron chi connectivity index (χ1n) is 10.1. The Hall–Kier alpha value is -2.28. The second-order valence-electron chi connectivity index (χ2n) is 7.52. The monoisotopic (exact) mass is 431 g/mol. The van der Waals surface area contributed by atoms with E-state index in [0.717, 1.165) is 42.0 Å². The number of morpholine rings is 1. The molecule has 1 saturated heterocycles. The Bertz CT molecular complexity index is 932. The molecule has 1 aliphatic carbocycles. The molecule has 0 amide bonds. The fraction of sp³-hybridized carbons (Fsp3) is 0.435. The van der Waals surface area contributed by atoms with Gasteiger partial charge in [0.15, 0.2) is 17.3 Å². The number of hydrogen-bond acceptors (Lipinski definition) is 6. The molecule has 30 heavy (non-hydrogen) atoms. The normalized spacial score (nSPS) is 18.9. The van der Waals surface area contributed by atoms with Crippen molar-refractivity contribution in [2.75, 3.05) is 40.5 Å². The Morgan fingerprint density at radius 2 is 2.00 bits per heavy atom. The number of halogens is 1. The third-order valence-corrected chi connectivity index (χ3v) is 6.06. The zero-order valence-electron chi connectivity index (χ0n) is 17.3. The SMILES string of the molecule is COc1ccc(CN2CCOC(COc3cccc4c3CCC4=O)C2)c(Cl)c1OC. The van der Waals surface area contributed by atoms with Crippen molar-refractivity contribution in [2.45, 2.75) is 25.5 Å². The van der Waals surface area contributed by atoms with Gasteiger partial charge >= 0.3 is 0 Å². The number of ketones is 1. The molecule has 1 aliphatic heterocycles. The summed E-state index contributed by atoms with van der Waals surface area (Å²) in [5.41, 5.74) is 2.80. The summed E-state index contributed by atoms with van der Waals surface area (Å²) in [5.74, 6) is 2.16. The van der Waals surface area contributed by atoms with Crippen molar-refractivity contribution in [3.05, 3.63) is 52.0 Å². The van der Waals surface area contributed by atoms with E-state index in [-0.39, 0.29) is 11.9 Å². The zero-order valence-corrected chi connectivity index (χ0v) is 18.0. The topological polar surface area (TPSA) is 57.2 Å². The average molecular weight is 432 g/mol. The van der Waals surface area contributed by atoms with Crippen LogP contribution in [0.15, 0.2) is 30.3 Å². The Labute approximate surface area is 181 Å². The molecule has 1 unspecified atom stereocenters. The van der Waals surface area contributed by atoms with Crippen molar-refractivity contribution < 1.29 is 23.7 Å². The highest BCUT2D eigenvalue weighted by molar-refractivity contribution is 6.33. The van der Waals surface area contributed by atoms with Crippen LogP contribution in [0, 0.1) is 0 Å². The Balaban J connectivity index is 1.38.